The molecule has 0 spiro atoms. The van der Waals surface area contributed by atoms with E-state index in [9.17, 15) is 14.7 Å². The van der Waals surface area contributed by atoms with Crippen LogP contribution in [-0.2, 0) is 23.2 Å². The molecule has 2 aliphatic heterocycles. The van der Waals surface area contributed by atoms with Crippen LogP contribution in [0.2, 0.25) is 0 Å². The number of nitrogens with zero attached hydrogens (tertiary/aromatic N) is 3. The van der Waals surface area contributed by atoms with Crippen molar-refractivity contribution in [3.8, 4) is 28.1 Å². The zero-order chi connectivity index (χ0) is 30.2. The fraction of sp³-hybridized carbons (Fsp3) is 0.257. The molecule has 3 aromatic carbocycles. The maximum absolute atomic E-state index is 12.5. The molecule has 5 aromatic rings. The van der Waals surface area contributed by atoms with E-state index in [1.54, 1.807) is 6.07 Å². The van der Waals surface area contributed by atoms with Crippen LogP contribution in [0, 0.1) is 0 Å². The molecule has 1 N–H and O–H groups in total. The summed E-state index contributed by atoms with van der Waals surface area (Å²) in [7, 11) is 1.98. The number of carbonyl (C=O) groups excluding carboxylic acids is 1. The molecular weight excluding hydrogens is 574 g/mol. The summed E-state index contributed by atoms with van der Waals surface area (Å²) in [6.45, 7) is 4.12. The third-order valence-electron chi connectivity index (χ3n) is 8.47. The SMILES string of the molecule is Cn1c(-c2ccc(OCc3cc(N4CCCC4=O)ccc3N3CCOCC3)cc2)c(-c2ccccc2)c2sc(C(=O)O)cc21. The van der Waals surface area contributed by atoms with Gasteiger partial charge in [-0.2, -0.15) is 0 Å². The Kier molecular flexibility index (Phi) is 7.57. The predicted molar refractivity (Wildman–Crippen MR) is 174 cm³/mol. The van der Waals surface area contributed by atoms with Crippen molar-refractivity contribution in [2.45, 2.75) is 19.4 Å². The number of aromatic nitrogens is 1. The van der Waals surface area contributed by atoms with Crippen molar-refractivity contribution in [1.82, 2.24) is 4.57 Å². The van der Waals surface area contributed by atoms with Crippen LogP contribution in [-0.4, -0.2) is 54.4 Å². The van der Waals surface area contributed by atoms with E-state index in [0.717, 1.165) is 81.3 Å². The average molecular weight is 608 g/mol. The van der Waals surface area contributed by atoms with Crippen LogP contribution in [0.3, 0.4) is 0 Å². The highest BCUT2D eigenvalue weighted by molar-refractivity contribution is 7.21. The van der Waals surface area contributed by atoms with Crippen LogP contribution in [0.4, 0.5) is 11.4 Å². The predicted octanol–water partition coefficient (Wildman–Crippen LogP) is 6.81. The summed E-state index contributed by atoms with van der Waals surface area (Å²) in [6.07, 6.45) is 1.48. The maximum atomic E-state index is 12.5. The number of anilines is 2. The number of benzene rings is 3. The number of hydrogen-bond donors (Lipinski definition) is 1. The monoisotopic (exact) mass is 607 g/mol. The number of carboxylic acid groups (broad SMARTS) is 1. The van der Waals surface area contributed by atoms with Gasteiger partial charge in [0, 0.05) is 55.6 Å². The summed E-state index contributed by atoms with van der Waals surface area (Å²) >= 11 is 1.31. The van der Waals surface area contributed by atoms with E-state index in [0.29, 0.717) is 31.1 Å². The van der Waals surface area contributed by atoms with Crippen molar-refractivity contribution in [2.24, 2.45) is 7.05 Å². The van der Waals surface area contributed by atoms with E-state index in [2.05, 4.69) is 45.9 Å². The first-order chi connectivity index (χ1) is 21.5. The van der Waals surface area contributed by atoms with Gasteiger partial charge in [-0.15, -0.1) is 11.3 Å². The van der Waals surface area contributed by atoms with Gasteiger partial charge >= 0.3 is 5.97 Å². The Bertz CT molecular complexity index is 1840. The second-order valence-corrected chi connectivity index (χ2v) is 12.2. The minimum atomic E-state index is -0.914. The Labute approximate surface area is 259 Å². The van der Waals surface area contributed by atoms with E-state index in [-0.39, 0.29) is 5.91 Å². The molecule has 0 bridgehead atoms. The first-order valence-corrected chi connectivity index (χ1v) is 15.7. The lowest BCUT2D eigenvalue weighted by atomic mass is 10.0. The summed E-state index contributed by atoms with van der Waals surface area (Å²) in [5.74, 6) is -0.00133. The van der Waals surface area contributed by atoms with Gasteiger partial charge in [-0.3, -0.25) is 4.79 Å². The molecule has 0 unspecified atom stereocenters. The van der Waals surface area contributed by atoms with Gasteiger partial charge < -0.3 is 28.9 Å². The highest BCUT2D eigenvalue weighted by Gasteiger charge is 2.25. The Morgan fingerprint density at radius 1 is 0.955 bits per heavy atom. The second-order valence-electron chi connectivity index (χ2n) is 11.2. The minimum absolute atomic E-state index is 0.168. The van der Waals surface area contributed by atoms with Gasteiger partial charge in [0.05, 0.1) is 29.1 Å². The van der Waals surface area contributed by atoms with Gasteiger partial charge in [0.15, 0.2) is 0 Å². The number of ether oxygens (including phenoxy) is 2. The molecule has 8 nitrogen and oxygen atoms in total. The maximum Gasteiger partial charge on any atom is 0.345 e. The number of morpholine rings is 1. The lowest BCUT2D eigenvalue weighted by Gasteiger charge is -2.31. The Morgan fingerprint density at radius 3 is 2.43 bits per heavy atom. The van der Waals surface area contributed by atoms with Crippen molar-refractivity contribution < 1.29 is 24.2 Å². The number of carboxylic acids is 1. The molecule has 0 atom stereocenters. The van der Waals surface area contributed by atoms with Crippen LogP contribution in [0.15, 0.2) is 78.9 Å². The van der Waals surface area contributed by atoms with Gasteiger partial charge in [-0.25, -0.2) is 4.79 Å². The Morgan fingerprint density at radius 2 is 1.73 bits per heavy atom. The fourth-order valence-corrected chi connectivity index (χ4v) is 7.38. The first kappa shape index (κ1) is 28.2. The molecule has 7 rings (SSSR count). The summed E-state index contributed by atoms with van der Waals surface area (Å²) in [5, 5.41) is 9.64. The van der Waals surface area contributed by atoms with Crippen molar-refractivity contribution in [1.29, 1.82) is 0 Å². The summed E-state index contributed by atoms with van der Waals surface area (Å²) in [6, 6.07) is 26.2. The number of aryl methyl sites for hydroxylation is 1. The van der Waals surface area contributed by atoms with Crippen LogP contribution in [0.5, 0.6) is 5.75 Å². The van der Waals surface area contributed by atoms with E-state index in [4.69, 9.17) is 9.47 Å². The summed E-state index contributed by atoms with van der Waals surface area (Å²) < 4.78 is 15.0. The summed E-state index contributed by atoms with van der Waals surface area (Å²) in [4.78, 5) is 28.7. The molecular formula is C35H33N3O5S. The molecule has 2 saturated heterocycles. The van der Waals surface area contributed by atoms with Crippen molar-refractivity contribution >= 4 is 44.8 Å². The van der Waals surface area contributed by atoms with Gasteiger partial charge in [-0.05, 0) is 66.1 Å². The quantitative estimate of drug-likeness (QED) is 0.209. The average Bonchev–Trinajstić information content (AvgIpc) is 3.76. The van der Waals surface area contributed by atoms with Gasteiger partial charge in [-0.1, -0.05) is 30.3 Å². The largest absolute Gasteiger partial charge is 0.489 e. The van der Waals surface area contributed by atoms with Crippen molar-refractivity contribution in [3.05, 3.63) is 89.3 Å². The minimum Gasteiger partial charge on any atom is -0.489 e. The van der Waals surface area contributed by atoms with Gasteiger partial charge in [0.25, 0.3) is 0 Å². The Hall–Kier alpha value is -4.60. The molecule has 2 fully saturated rings. The number of aromatic carboxylic acids is 1. The highest BCUT2D eigenvalue weighted by atomic mass is 32.1. The molecule has 4 heterocycles. The highest BCUT2D eigenvalue weighted by Crippen LogP contribution is 2.44. The standard InChI is InChI=1S/C35H33N3O5S/c1-36-29-21-30(35(40)41)44-34(29)32(23-6-3-2-4-7-23)33(36)24-9-12-27(13-10-24)43-22-25-20-26(38-15-5-8-31(38)39)11-14-28(25)37-16-18-42-19-17-37/h2-4,6-7,9-14,20-21H,5,8,15-19,22H2,1H3,(H,40,41). The zero-order valence-corrected chi connectivity index (χ0v) is 25.3. The van der Waals surface area contributed by atoms with E-state index >= 15 is 0 Å². The lowest BCUT2D eigenvalue weighted by molar-refractivity contribution is -0.117. The topological polar surface area (TPSA) is 84.2 Å². The first-order valence-electron chi connectivity index (χ1n) is 14.9. The van der Waals surface area contributed by atoms with Crippen LogP contribution < -0.4 is 14.5 Å². The third kappa shape index (κ3) is 5.22. The molecule has 44 heavy (non-hydrogen) atoms. The van der Waals surface area contributed by atoms with Crippen LogP contribution >= 0.6 is 11.3 Å². The van der Waals surface area contributed by atoms with Crippen LogP contribution in [0.1, 0.15) is 28.1 Å². The third-order valence-corrected chi connectivity index (χ3v) is 9.60. The molecule has 0 saturated carbocycles. The molecule has 2 aromatic heterocycles. The van der Waals surface area contributed by atoms with Gasteiger partial charge in [0.1, 0.15) is 17.2 Å². The Balaban J connectivity index is 1.19. The molecule has 0 radical (unpaired) electrons. The zero-order valence-electron chi connectivity index (χ0n) is 24.5. The molecule has 2 aliphatic rings. The molecule has 9 heteroatoms. The van der Waals surface area contributed by atoms with Gasteiger partial charge in [0.2, 0.25) is 5.91 Å². The van der Waals surface area contributed by atoms with Crippen molar-refractivity contribution in [2.75, 3.05) is 42.6 Å². The lowest BCUT2D eigenvalue weighted by Crippen LogP contribution is -2.37. The molecule has 224 valence electrons. The smallest absolute Gasteiger partial charge is 0.345 e. The van der Waals surface area contributed by atoms with E-state index < -0.39 is 5.97 Å². The molecule has 0 aliphatic carbocycles. The second kappa shape index (κ2) is 11.8. The number of amides is 1. The number of rotatable bonds is 8. The summed E-state index contributed by atoms with van der Waals surface area (Å²) in [5.41, 5.74) is 8.07. The van der Waals surface area contributed by atoms with Crippen molar-refractivity contribution in [3.63, 3.8) is 0 Å². The number of thiophene rings is 1. The van der Waals surface area contributed by atoms with E-state index in [1.807, 2.05) is 48.3 Å². The normalized spacial score (nSPS) is 15.3. The van der Waals surface area contributed by atoms with E-state index in [1.165, 1.54) is 11.3 Å². The molecule has 1 amide bonds. The number of hydrogen-bond acceptors (Lipinski definition) is 6. The number of fused-ring (bicyclic) bond motifs is 1. The van der Waals surface area contributed by atoms with Crippen LogP contribution in [0.25, 0.3) is 32.6 Å². The fourth-order valence-electron chi connectivity index (χ4n) is 6.28. The number of carbonyl (C=O) groups is 2.